The van der Waals surface area contributed by atoms with Crippen molar-refractivity contribution >= 4 is 17.5 Å². The Morgan fingerprint density at radius 2 is 1.96 bits per heavy atom. The second kappa shape index (κ2) is 7.11. The van der Waals surface area contributed by atoms with Crippen molar-refractivity contribution in [2.75, 3.05) is 19.0 Å². The minimum absolute atomic E-state index is 0.0693. The maximum Gasteiger partial charge on any atom is 0.191 e. The van der Waals surface area contributed by atoms with Gasteiger partial charge in [-0.05, 0) is 32.0 Å². The van der Waals surface area contributed by atoms with Crippen molar-refractivity contribution in [3.05, 3.63) is 47.5 Å². The summed E-state index contributed by atoms with van der Waals surface area (Å²) in [5.74, 6) is 1.87. The van der Waals surface area contributed by atoms with Crippen molar-refractivity contribution in [2.45, 2.75) is 19.0 Å². The molecule has 0 unspecified atom stereocenters. The maximum absolute atomic E-state index is 12.8. The van der Waals surface area contributed by atoms with Gasteiger partial charge in [0.05, 0.1) is 5.75 Å². The summed E-state index contributed by atoms with van der Waals surface area (Å²) in [6.07, 6.45) is 1.63. The third-order valence-electron chi connectivity index (χ3n) is 4.52. The molecule has 0 bridgehead atoms. The van der Waals surface area contributed by atoms with E-state index in [9.17, 15) is 4.79 Å². The van der Waals surface area contributed by atoms with Crippen LogP contribution >= 0.6 is 11.8 Å². The quantitative estimate of drug-likeness (QED) is 0.498. The lowest BCUT2D eigenvalue weighted by atomic mass is 10.2. The number of ether oxygens (including phenoxy) is 2. The van der Waals surface area contributed by atoms with Crippen LogP contribution in [-0.2, 0) is 7.05 Å². The Morgan fingerprint density at radius 3 is 2.70 bits per heavy atom. The van der Waals surface area contributed by atoms with Crippen molar-refractivity contribution in [1.29, 1.82) is 0 Å². The van der Waals surface area contributed by atoms with Gasteiger partial charge >= 0.3 is 0 Å². The fourth-order valence-electron chi connectivity index (χ4n) is 3.22. The van der Waals surface area contributed by atoms with Gasteiger partial charge in [-0.25, -0.2) is 0 Å². The first-order valence-corrected chi connectivity index (χ1v) is 9.62. The topological polar surface area (TPSA) is 71.2 Å². The zero-order valence-electron chi connectivity index (χ0n) is 15.4. The molecule has 0 radical (unpaired) electrons. The molecule has 1 aliphatic rings. The first-order chi connectivity index (χ1) is 13.0. The van der Waals surface area contributed by atoms with Gasteiger partial charge in [0.25, 0.3) is 0 Å². The van der Waals surface area contributed by atoms with Crippen LogP contribution in [0.15, 0.2) is 35.7 Å². The number of nitrogens with zero attached hydrogens (tertiary/aromatic N) is 4. The van der Waals surface area contributed by atoms with E-state index in [0.29, 0.717) is 19.0 Å². The van der Waals surface area contributed by atoms with Gasteiger partial charge in [-0.2, -0.15) is 0 Å². The fourth-order valence-corrected chi connectivity index (χ4v) is 4.00. The Kier molecular flexibility index (Phi) is 4.65. The van der Waals surface area contributed by atoms with Crippen LogP contribution in [0, 0.1) is 13.8 Å². The molecule has 0 amide bonds. The molecule has 2 aromatic heterocycles. The highest BCUT2D eigenvalue weighted by molar-refractivity contribution is 7.99. The molecule has 0 fully saturated rings. The fraction of sp³-hybridized carbons (Fsp3) is 0.316. The van der Waals surface area contributed by atoms with E-state index >= 15 is 0 Å². The standard InChI is InChI=1S/C19H20N4O3S/c1-12-8-15(16(24)10-27-19-21-20-11-22(19)3)13(2)23(12)14-4-5-17-18(9-14)26-7-6-25-17/h4-5,8-9,11H,6-7,10H2,1-3H3. The summed E-state index contributed by atoms with van der Waals surface area (Å²) in [7, 11) is 1.86. The number of hydrogen-bond acceptors (Lipinski definition) is 6. The summed E-state index contributed by atoms with van der Waals surface area (Å²) in [4.78, 5) is 12.8. The zero-order chi connectivity index (χ0) is 19.0. The molecular formula is C19H20N4O3S. The lowest BCUT2D eigenvalue weighted by molar-refractivity contribution is 0.102. The smallest absolute Gasteiger partial charge is 0.191 e. The summed E-state index contributed by atoms with van der Waals surface area (Å²) in [6.45, 7) is 5.07. The summed E-state index contributed by atoms with van der Waals surface area (Å²) in [5, 5.41) is 8.57. The number of carbonyl (C=O) groups excluding carboxylic acids is 1. The second-order valence-corrected chi connectivity index (χ2v) is 7.33. The highest BCUT2D eigenvalue weighted by atomic mass is 32.2. The van der Waals surface area contributed by atoms with E-state index in [1.54, 1.807) is 10.9 Å². The van der Waals surface area contributed by atoms with Crippen LogP contribution in [0.5, 0.6) is 11.5 Å². The van der Waals surface area contributed by atoms with Gasteiger partial charge in [-0.3, -0.25) is 4.79 Å². The number of aromatic nitrogens is 4. The molecule has 140 valence electrons. The number of rotatable bonds is 5. The molecule has 0 saturated carbocycles. The van der Waals surface area contributed by atoms with E-state index in [-0.39, 0.29) is 5.78 Å². The van der Waals surface area contributed by atoms with Gasteiger partial charge < -0.3 is 18.6 Å². The number of carbonyl (C=O) groups is 1. The van der Waals surface area contributed by atoms with Gasteiger partial charge in [-0.1, -0.05) is 11.8 Å². The lowest BCUT2D eigenvalue weighted by Gasteiger charge is -2.20. The molecule has 1 aliphatic heterocycles. The van der Waals surface area contributed by atoms with Gasteiger partial charge in [0.15, 0.2) is 22.4 Å². The minimum atomic E-state index is 0.0693. The third kappa shape index (κ3) is 3.32. The molecule has 7 nitrogen and oxygen atoms in total. The van der Waals surface area contributed by atoms with E-state index in [1.165, 1.54) is 11.8 Å². The number of thioether (sulfide) groups is 1. The van der Waals surface area contributed by atoms with Crippen LogP contribution in [-0.4, -0.2) is 44.1 Å². The number of benzene rings is 1. The summed E-state index contributed by atoms with van der Waals surface area (Å²) < 4.78 is 15.1. The molecule has 3 heterocycles. The van der Waals surface area contributed by atoms with Gasteiger partial charge in [0.2, 0.25) is 0 Å². The number of aryl methyl sites for hydroxylation is 2. The van der Waals surface area contributed by atoms with Gasteiger partial charge in [-0.15, -0.1) is 10.2 Å². The average Bonchev–Trinajstić information content (AvgIpc) is 3.21. The molecule has 3 aromatic rings. The Bertz CT molecular complexity index is 1010. The summed E-state index contributed by atoms with van der Waals surface area (Å²) in [5.41, 5.74) is 3.58. The van der Waals surface area contributed by atoms with Crippen molar-refractivity contribution < 1.29 is 14.3 Å². The Labute approximate surface area is 161 Å². The van der Waals surface area contributed by atoms with Crippen molar-refractivity contribution in [3.8, 4) is 17.2 Å². The van der Waals surface area contributed by atoms with E-state index in [4.69, 9.17) is 9.47 Å². The number of ketones is 1. The van der Waals surface area contributed by atoms with Crippen molar-refractivity contribution in [3.63, 3.8) is 0 Å². The largest absolute Gasteiger partial charge is 0.486 e. The van der Waals surface area contributed by atoms with Crippen LogP contribution in [0.4, 0.5) is 0 Å². The molecule has 0 atom stereocenters. The van der Waals surface area contributed by atoms with E-state index < -0.39 is 0 Å². The maximum atomic E-state index is 12.8. The Morgan fingerprint density at radius 1 is 1.19 bits per heavy atom. The van der Waals surface area contributed by atoms with Crippen LogP contribution in [0.25, 0.3) is 5.69 Å². The molecule has 0 spiro atoms. The molecule has 0 aliphatic carbocycles. The predicted octanol–water partition coefficient (Wildman–Crippen LogP) is 2.97. The molecular weight excluding hydrogens is 364 g/mol. The van der Waals surface area contributed by atoms with Crippen molar-refractivity contribution in [1.82, 2.24) is 19.3 Å². The normalized spacial score (nSPS) is 13.0. The van der Waals surface area contributed by atoms with Gasteiger partial charge in [0, 0.05) is 35.8 Å². The van der Waals surface area contributed by atoms with Crippen LogP contribution in [0.1, 0.15) is 21.7 Å². The predicted molar refractivity (Wildman–Crippen MR) is 102 cm³/mol. The highest BCUT2D eigenvalue weighted by Crippen LogP contribution is 2.33. The van der Waals surface area contributed by atoms with Crippen LogP contribution < -0.4 is 9.47 Å². The zero-order valence-corrected chi connectivity index (χ0v) is 16.2. The molecule has 8 heteroatoms. The Hall–Kier alpha value is -2.74. The van der Waals surface area contributed by atoms with Crippen LogP contribution in [0.3, 0.4) is 0 Å². The Balaban J connectivity index is 1.60. The molecule has 0 N–H and O–H groups in total. The lowest BCUT2D eigenvalue weighted by Crippen LogP contribution is -2.15. The summed E-state index contributed by atoms with van der Waals surface area (Å²) >= 11 is 1.39. The van der Waals surface area contributed by atoms with Gasteiger partial charge in [0.1, 0.15) is 19.5 Å². The molecule has 1 aromatic carbocycles. The first-order valence-electron chi connectivity index (χ1n) is 8.63. The monoisotopic (exact) mass is 384 g/mol. The SMILES string of the molecule is Cc1cc(C(=O)CSc2nncn2C)c(C)n1-c1ccc2c(c1)OCCO2. The van der Waals surface area contributed by atoms with Crippen molar-refractivity contribution in [2.24, 2.45) is 7.05 Å². The van der Waals surface area contributed by atoms with E-state index in [2.05, 4.69) is 14.8 Å². The first kappa shape index (κ1) is 17.7. The molecule has 27 heavy (non-hydrogen) atoms. The minimum Gasteiger partial charge on any atom is -0.486 e. The van der Waals surface area contributed by atoms with E-state index in [0.717, 1.165) is 39.3 Å². The molecule has 4 rings (SSSR count). The highest BCUT2D eigenvalue weighted by Gasteiger charge is 2.19. The third-order valence-corrected chi connectivity index (χ3v) is 5.55. The second-order valence-electron chi connectivity index (χ2n) is 6.38. The summed E-state index contributed by atoms with van der Waals surface area (Å²) in [6, 6.07) is 7.78. The number of Topliss-reactive ketones (excluding diaryl/α,β-unsaturated/α-hetero) is 1. The molecule has 0 saturated heterocycles. The van der Waals surface area contributed by atoms with E-state index in [1.807, 2.05) is 45.2 Å². The number of hydrogen-bond donors (Lipinski definition) is 0. The average molecular weight is 384 g/mol. The number of fused-ring (bicyclic) bond motifs is 1. The van der Waals surface area contributed by atoms with Crippen LogP contribution in [0.2, 0.25) is 0 Å².